The SMILES string of the molecule is O=c1[nH]nc(SCc2cccc(Oc3ccccc3)c2)c(=S)[nH]1. The summed E-state index contributed by atoms with van der Waals surface area (Å²) in [6.07, 6.45) is 0. The molecule has 23 heavy (non-hydrogen) atoms. The molecule has 0 saturated carbocycles. The number of thioether (sulfide) groups is 1. The minimum Gasteiger partial charge on any atom is -0.457 e. The molecule has 0 atom stereocenters. The molecular formula is C16H13N3O2S2. The molecule has 0 spiro atoms. The summed E-state index contributed by atoms with van der Waals surface area (Å²) >= 11 is 6.54. The van der Waals surface area contributed by atoms with Crippen molar-refractivity contribution >= 4 is 24.0 Å². The summed E-state index contributed by atoms with van der Waals surface area (Å²) in [5, 5.41) is 6.88. The van der Waals surface area contributed by atoms with Crippen LogP contribution in [0.25, 0.3) is 0 Å². The number of rotatable bonds is 5. The molecule has 0 aliphatic heterocycles. The molecule has 0 aliphatic carbocycles. The molecule has 5 nitrogen and oxygen atoms in total. The number of H-pyrrole nitrogens is 2. The van der Waals surface area contributed by atoms with Gasteiger partial charge in [-0.05, 0) is 29.8 Å². The first-order valence-corrected chi connectivity index (χ1v) is 8.24. The van der Waals surface area contributed by atoms with Crippen LogP contribution in [0.15, 0.2) is 64.4 Å². The second kappa shape index (κ2) is 7.26. The normalized spacial score (nSPS) is 10.4. The molecule has 2 aromatic carbocycles. The van der Waals surface area contributed by atoms with Crippen LogP contribution >= 0.6 is 24.0 Å². The Balaban J connectivity index is 1.70. The molecule has 1 aromatic heterocycles. The molecule has 1 heterocycles. The lowest BCUT2D eigenvalue weighted by molar-refractivity contribution is 0.482. The Bertz CT molecular complexity index is 907. The number of nitrogens with one attached hydrogen (secondary N) is 2. The number of benzene rings is 2. The van der Waals surface area contributed by atoms with Crippen molar-refractivity contribution in [3.8, 4) is 11.5 Å². The van der Waals surface area contributed by atoms with Gasteiger partial charge >= 0.3 is 5.69 Å². The zero-order valence-electron chi connectivity index (χ0n) is 12.0. The van der Waals surface area contributed by atoms with Gasteiger partial charge in [0.1, 0.15) is 16.1 Å². The van der Waals surface area contributed by atoms with Crippen molar-refractivity contribution in [2.24, 2.45) is 0 Å². The van der Waals surface area contributed by atoms with E-state index >= 15 is 0 Å². The Hall–Kier alpha value is -2.38. The van der Waals surface area contributed by atoms with Crippen LogP contribution in [-0.2, 0) is 5.75 Å². The number of para-hydroxylation sites is 1. The second-order valence-electron chi connectivity index (χ2n) is 4.66. The minimum atomic E-state index is -0.405. The van der Waals surface area contributed by atoms with Crippen molar-refractivity contribution in [3.63, 3.8) is 0 Å². The van der Waals surface area contributed by atoms with Gasteiger partial charge in [-0.1, -0.05) is 54.3 Å². The van der Waals surface area contributed by atoms with Gasteiger partial charge in [0.15, 0.2) is 5.03 Å². The largest absolute Gasteiger partial charge is 0.457 e. The van der Waals surface area contributed by atoms with Gasteiger partial charge in [0.25, 0.3) is 0 Å². The van der Waals surface area contributed by atoms with Gasteiger partial charge in [0.05, 0.1) is 0 Å². The van der Waals surface area contributed by atoms with E-state index in [4.69, 9.17) is 17.0 Å². The zero-order chi connectivity index (χ0) is 16.1. The summed E-state index contributed by atoms with van der Waals surface area (Å²) in [6.45, 7) is 0. The van der Waals surface area contributed by atoms with Crippen LogP contribution in [0.3, 0.4) is 0 Å². The molecule has 7 heteroatoms. The smallest absolute Gasteiger partial charge is 0.340 e. The van der Waals surface area contributed by atoms with E-state index in [-0.39, 0.29) is 0 Å². The number of aromatic nitrogens is 3. The number of aromatic amines is 2. The Kier molecular flexibility index (Phi) is 4.89. The van der Waals surface area contributed by atoms with Gasteiger partial charge in [-0.2, -0.15) is 5.10 Å². The third kappa shape index (κ3) is 4.30. The maximum absolute atomic E-state index is 11.1. The lowest BCUT2D eigenvalue weighted by atomic mass is 10.2. The first-order chi connectivity index (χ1) is 11.2. The van der Waals surface area contributed by atoms with Crippen molar-refractivity contribution in [1.82, 2.24) is 15.2 Å². The Morgan fingerprint density at radius 2 is 1.87 bits per heavy atom. The van der Waals surface area contributed by atoms with Gasteiger partial charge in [-0.3, -0.25) is 4.98 Å². The van der Waals surface area contributed by atoms with Crippen molar-refractivity contribution in [1.29, 1.82) is 0 Å². The van der Waals surface area contributed by atoms with Crippen LogP contribution in [0.4, 0.5) is 0 Å². The average Bonchev–Trinajstić information content (AvgIpc) is 2.55. The molecule has 0 unspecified atom stereocenters. The van der Waals surface area contributed by atoms with Crippen LogP contribution in [0.5, 0.6) is 11.5 Å². The number of hydrogen-bond acceptors (Lipinski definition) is 5. The van der Waals surface area contributed by atoms with Crippen molar-refractivity contribution in [2.75, 3.05) is 0 Å². The second-order valence-corrected chi connectivity index (χ2v) is 6.04. The van der Waals surface area contributed by atoms with Crippen LogP contribution in [-0.4, -0.2) is 15.2 Å². The van der Waals surface area contributed by atoms with Crippen molar-refractivity contribution in [3.05, 3.63) is 75.3 Å². The molecule has 0 aliphatic rings. The van der Waals surface area contributed by atoms with Gasteiger partial charge < -0.3 is 4.74 Å². The summed E-state index contributed by atoms with van der Waals surface area (Å²) in [7, 11) is 0. The lowest BCUT2D eigenvalue weighted by Gasteiger charge is -2.07. The maximum Gasteiger partial charge on any atom is 0.340 e. The molecule has 0 amide bonds. The van der Waals surface area contributed by atoms with E-state index < -0.39 is 5.69 Å². The van der Waals surface area contributed by atoms with Gasteiger partial charge in [0.2, 0.25) is 0 Å². The van der Waals surface area contributed by atoms with Crippen molar-refractivity contribution in [2.45, 2.75) is 10.8 Å². The van der Waals surface area contributed by atoms with Crippen molar-refractivity contribution < 1.29 is 4.74 Å². The summed E-state index contributed by atoms with van der Waals surface area (Å²) in [4.78, 5) is 13.6. The standard InChI is InChI=1S/C16H13N3O2S2/c20-16-17-14(22)15(18-19-16)23-10-11-5-4-8-13(9-11)21-12-6-2-1-3-7-12/h1-9H,10H2,(H2,17,19,20,22). The van der Waals surface area contributed by atoms with E-state index in [0.29, 0.717) is 15.4 Å². The summed E-state index contributed by atoms with van der Waals surface area (Å²) in [5.74, 6) is 2.23. The Morgan fingerprint density at radius 1 is 1.09 bits per heavy atom. The number of hydrogen-bond donors (Lipinski definition) is 2. The van der Waals surface area contributed by atoms with E-state index in [1.165, 1.54) is 11.8 Å². The average molecular weight is 343 g/mol. The molecule has 116 valence electrons. The quantitative estimate of drug-likeness (QED) is 0.543. The maximum atomic E-state index is 11.1. The Morgan fingerprint density at radius 3 is 2.65 bits per heavy atom. The number of ether oxygens (including phenoxy) is 1. The predicted octanol–water partition coefficient (Wildman–Crippen LogP) is 3.91. The van der Waals surface area contributed by atoms with E-state index in [0.717, 1.165) is 17.1 Å². The highest BCUT2D eigenvalue weighted by molar-refractivity contribution is 7.98. The monoisotopic (exact) mass is 343 g/mol. The number of nitrogens with zero attached hydrogens (tertiary/aromatic N) is 1. The van der Waals surface area contributed by atoms with E-state index in [2.05, 4.69) is 15.2 Å². The third-order valence-corrected chi connectivity index (χ3v) is 4.40. The van der Waals surface area contributed by atoms with Gasteiger partial charge in [-0.15, -0.1) is 0 Å². The first kappa shape index (κ1) is 15.5. The molecule has 0 bridgehead atoms. The zero-order valence-corrected chi connectivity index (χ0v) is 13.6. The van der Waals surface area contributed by atoms with Gasteiger partial charge in [0, 0.05) is 5.75 Å². The Labute approximate surface area is 141 Å². The topological polar surface area (TPSA) is 70.8 Å². The van der Waals surface area contributed by atoms with E-state index in [1.807, 2.05) is 54.6 Å². The highest BCUT2D eigenvalue weighted by Gasteiger charge is 2.03. The fourth-order valence-corrected chi connectivity index (χ4v) is 3.00. The fraction of sp³-hybridized carbons (Fsp3) is 0.0625. The molecule has 0 saturated heterocycles. The highest BCUT2D eigenvalue weighted by atomic mass is 32.2. The van der Waals surface area contributed by atoms with E-state index in [1.54, 1.807) is 0 Å². The summed E-state index contributed by atoms with van der Waals surface area (Å²) in [5.41, 5.74) is 0.670. The molecule has 0 radical (unpaired) electrons. The van der Waals surface area contributed by atoms with Crippen LogP contribution in [0, 0.1) is 4.64 Å². The van der Waals surface area contributed by atoms with Crippen LogP contribution in [0.1, 0.15) is 5.56 Å². The highest BCUT2D eigenvalue weighted by Crippen LogP contribution is 2.25. The summed E-state index contributed by atoms with van der Waals surface area (Å²) in [6, 6.07) is 17.4. The minimum absolute atomic E-state index is 0.343. The summed E-state index contributed by atoms with van der Waals surface area (Å²) < 4.78 is 6.15. The molecule has 3 aromatic rings. The molecule has 3 rings (SSSR count). The molecule has 2 N–H and O–H groups in total. The predicted molar refractivity (Wildman–Crippen MR) is 92.6 cm³/mol. The lowest BCUT2D eigenvalue weighted by Crippen LogP contribution is -2.12. The first-order valence-electron chi connectivity index (χ1n) is 6.84. The van der Waals surface area contributed by atoms with Crippen LogP contribution in [0.2, 0.25) is 0 Å². The van der Waals surface area contributed by atoms with Crippen LogP contribution < -0.4 is 10.4 Å². The molecule has 0 fully saturated rings. The van der Waals surface area contributed by atoms with E-state index in [9.17, 15) is 4.79 Å². The molecular weight excluding hydrogens is 330 g/mol. The third-order valence-electron chi connectivity index (χ3n) is 2.93. The fourth-order valence-electron chi connectivity index (χ4n) is 1.91. The van der Waals surface area contributed by atoms with Gasteiger partial charge in [-0.25, -0.2) is 9.89 Å².